The van der Waals surface area contributed by atoms with Crippen LogP contribution in [0.3, 0.4) is 0 Å². The van der Waals surface area contributed by atoms with Gasteiger partial charge < -0.3 is 10.0 Å². The van der Waals surface area contributed by atoms with Crippen LogP contribution in [0.5, 0.6) is 0 Å². The number of hydrogen-bond donors (Lipinski definition) is 1. The molecule has 1 aromatic carbocycles. The van der Waals surface area contributed by atoms with E-state index in [1.807, 2.05) is 29.2 Å². The molecule has 1 heterocycles. The van der Waals surface area contributed by atoms with Gasteiger partial charge in [0.15, 0.2) is 0 Å². The molecule has 0 aliphatic carbocycles. The summed E-state index contributed by atoms with van der Waals surface area (Å²) in [6.07, 6.45) is 1.77. The first-order chi connectivity index (χ1) is 10.1. The maximum atomic E-state index is 12.5. The van der Waals surface area contributed by atoms with E-state index in [9.17, 15) is 9.90 Å². The highest BCUT2D eigenvalue weighted by molar-refractivity contribution is 7.97. The van der Waals surface area contributed by atoms with Crippen LogP contribution in [-0.4, -0.2) is 65.9 Å². The smallest absolute Gasteiger partial charge is 0.253 e. The average Bonchev–Trinajstić information content (AvgIpc) is 2.48. The molecule has 0 spiro atoms. The number of hydrogen-bond acceptors (Lipinski definition) is 4. The molecule has 1 amide bonds. The summed E-state index contributed by atoms with van der Waals surface area (Å²) in [4.78, 5) is 16.6. The maximum Gasteiger partial charge on any atom is 0.253 e. The molecule has 4 nitrogen and oxygen atoms in total. The van der Waals surface area contributed by atoms with Gasteiger partial charge in [0.05, 0.1) is 6.10 Å². The van der Waals surface area contributed by atoms with Crippen molar-refractivity contribution in [3.05, 3.63) is 35.4 Å². The molecule has 0 aromatic heterocycles. The second-order valence-electron chi connectivity index (χ2n) is 5.57. The van der Waals surface area contributed by atoms with Crippen molar-refractivity contribution >= 4 is 17.7 Å². The highest BCUT2D eigenvalue weighted by atomic mass is 32.2. The third-order valence-corrected chi connectivity index (χ3v) is 4.32. The molecule has 0 saturated carbocycles. The Bertz CT molecular complexity index is 454. The molecule has 1 N–H and O–H groups in total. The Morgan fingerprint density at radius 2 is 1.86 bits per heavy atom. The third-order valence-electron chi connectivity index (χ3n) is 3.69. The third kappa shape index (κ3) is 4.73. The van der Waals surface area contributed by atoms with Crippen molar-refractivity contribution in [3.63, 3.8) is 0 Å². The van der Waals surface area contributed by atoms with Gasteiger partial charge in [-0.3, -0.25) is 9.69 Å². The molecule has 1 aliphatic rings. The van der Waals surface area contributed by atoms with E-state index in [4.69, 9.17) is 0 Å². The molecule has 5 heteroatoms. The fraction of sp³-hybridized carbons (Fsp3) is 0.562. The highest BCUT2D eigenvalue weighted by Gasteiger charge is 2.22. The fourth-order valence-corrected chi connectivity index (χ4v) is 3.13. The van der Waals surface area contributed by atoms with Crippen molar-refractivity contribution in [1.29, 1.82) is 0 Å². The summed E-state index contributed by atoms with van der Waals surface area (Å²) < 4.78 is 0. The number of amides is 1. The lowest BCUT2D eigenvalue weighted by Crippen LogP contribution is -2.50. The normalized spacial score (nSPS) is 17.8. The van der Waals surface area contributed by atoms with E-state index >= 15 is 0 Å². The summed E-state index contributed by atoms with van der Waals surface area (Å²) in [5.41, 5.74) is 2.02. The summed E-state index contributed by atoms with van der Waals surface area (Å²) in [6.45, 7) is 5.62. The Hall–Kier alpha value is -1.04. The summed E-state index contributed by atoms with van der Waals surface area (Å²) in [7, 11) is 0. The first-order valence-corrected chi connectivity index (χ1v) is 8.77. The molecule has 0 unspecified atom stereocenters. The number of benzene rings is 1. The summed E-state index contributed by atoms with van der Waals surface area (Å²) in [6, 6.07) is 7.92. The average molecular weight is 308 g/mol. The van der Waals surface area contributed by atoms with Gasteiger partial charge in [0, 0.05) is 44.0 Å². The maximum absolute atomic E-state index is 12.5. The second kappa shape index (κ2) is 7.82. The Kier molecular flexibility index (Phi) is 6.08. The number of β-amino-alcohol motifs (C(OH)–C–C–N with tert-alkyl or cyclic N) is 1. The van der Waals surface area contributed by atoms with Gasteiger partial charge in [-0.1, -0.05) is 12.1 Å². The van der Waals surface area contributed by atoms with Crippen LogP contribution in [-0.2, 0) is 5.75 Å². The van der Waals surface area contributed by atoms with E-state index in [1.165, 1.54) is 5.56 Å². The molecule has 21 heavy (non-hydrogen) atoms. The molecule has 1 saturated heterocycles. The van der Waals surface area contributed by atoms with Crippen molar-refractivity contribution < 1.29 is 9.90 Å². The molecule has 0 radical (unpaired) electrons. The molecular formula is C16H24N2O2S. The van der Waals surface area contributed by atoms with Crippen LogP contribution < -0.4 is 0 Å². The fourth-order valence-electron chi connectivity index (χ4n) is 2.60. The standard InChI is InChI=1S/C16H24N2O2S/c1-13(19)11-17-7-9-18(10-8-17)16(20)15-5-3-14(4-6-15)12-21-2/h3-6,13,19H,7-12H2,1-2H3/t13-/m0/s1. The van der Waals surface area contributed by atoms with Crippen molar-refractivity contribution in [2.45, 2.75) is 18.8 Å². The Morgan fingerprint density at radius 1 is 1.24 bits per heavy atom. The number of nitrogens with zero attached hydrogens (tertiary/aromatic N) is 2. The van der Waals surface area contributed by atoms with Gasteiger partial charge >= 0.3 is 0 Å². The van der Waals surface area contributed by atoms with Crippen molar-refractivity contribution in [1.82, 2.24) is 9.80 Å². The van der Waals surface area contributed by atoms with Crippen molar-refractivity contribution in [2.75, 3.05) is 39.0 Å². The number of carbonyl (C=O) groups is 1. The van der Waals surface area contributed by atoms with Gasteiger partial charge in [0.1, 0.15) is 0 Å². The van der Waals surface area contributed by atoms with Gasteiger partial charge in [-0.15, -0.1) is 0 Å². The van der Waals surface area contributed by atoms with Gasteiger partial charge in [0.2, 0.25) is 0 Å². The predicted octanol–water partition coefficient (Wildman–Crippen LogP) is 1.69. The van der Waals surface area contributed by atoms with Gasteiger partial charge in [0.25, 0.3) is 5.91 Å². The zero-order valence-corrected chi connectivity index (χ0v) is 13.6. The zero-order valence-electron chi connectivity index (χ0n) is 12.8. The van der Waals surface area contributed by atoms with Crippen molar-refractivity contribution in [3.8, 4) is 0 Å². The lowest BCUT2D eigenvalue weighted by Gasteiger charge is -2.35. The molecule has 1 fully saturated rings. The van der Waals surface area contributed by atoms with E-state index in [0.717, 1.165) is 37.5 Å². The minimum atomic E-state index is -0.309. The molecule has 116 valence electrons. The summed E-state index contributed by atoms with van der Waals surface area (Å²) in [5, 5.41) is 9.40. The first kappa shape index (κ1) is 16.3. The first-order valence-electron chi connectivity index (χ1n) is 7.37. The molecule has 2 rings (SSSR count). The van der Waals surface area contributed by atoms with Crippen LogP contribution in [0.1, 0.15) is 22.8 Å². The molecule has 1 aliphatic heterocycles. The number of piperazine rings is 1. The van der Waals surface area contributed by atoms with Crippen LogP contribution in [0.25, 0.3) is 0 Å². The van der Waals surface area contributed by atoms with Crippen molar-refractivity contribution in [2.24, 2.45) is 0 Å². The molecular weight excluding hydrogens is 284 g/mol. The lowest BCUT2D eigenvalue weighted by molar-refractivity contribution is 0.0554. The largest absolute Gasteiger partial charge is 0.392 e. The van der Waals surface area contributed by atoms with Crippen LogP contribution in [0, 0.1) is 0 Å². The summed E-state index contributed by atoms with van der Waals surface area (Å²) in [5.74, 6) is 1.09. The van der Waals surface area contributed by atoms with Crippen LogP contribution in [0.4, 0.5) is 0 Å². The predicted molar refractivity (Wildman–Crippen MR) is 87.7 cm³/mol. The monoisotopic (exact) mass is 308 g/mol. The molecule has 1 aromatic rings. The number of aliphatic hydroxyl groups excluding tert-OH is 1. The lowest BCUT2D eigenvalue weighted by atomic mass is 10.1. The van der Waals surface area contributed by atoms with Gasteiger partial charge in [-0.2, -0.15) is 11.8 Å². The Balaban J connectivity index is 1.89. The Morgan fingerprint density at radius 3 is 2.38 bits per heavy atom. The zero-order chi connectivity index (χ0) is 15.2. The van der Waals surface area contributed by atoms with E-state index in [0.29, 0.717) is 6.54 Å². The quantitative estimate of drug-likeness (QED) is 0.899. The Labute approximate surface area is 131 Å². The highest BCUT2D eigenvalue weighted by Crippen LogP contribution is 2.13. The number of thioether (sulfide) groups is 1. The minimum absolute atomic E-state index is 0.113. The number of carbonyl (C=O) groups excluding carboxylic acids is 1. The topological polar surface area (TPSA) is 43.8 Å². The van der Waals surface area contributed by atoms with Crippen LogP contribution in [0.15, 0.2) is 24.3 Å². The molecule has 0 bridgehead atoms. The van der Waals surface area contributed by atoms with E-state index < -0.39 is 0 Å². The van der Waals surface area contributed by atoms with Crippen LogP contribution in [0.2, 0.25) is 0 Å². The van der Waals surface area contributed by atoms with E-state index in [2.05, 4.69) is 11.2 Å². The SMILES string of the molecule is CSCc1ccc(C(=O)N2CCN(C[C@H](C)O)CC2)cc1. The summed E-state index contributed by atoms with van der Waals surface area (Å²) >= 11 is 1.78. The van der Waals surface area contributed by atoms with Gasteiger partial charge in [-0.25, -0.2) is 0 Å². The van der Waals surface area contributed by atoms with E-state index in [1.54, 1.807) is 18.7 Å². The molecule has 1 atom stereocenters. The van der Waals surface area contributed by atoms with Crippen LogP contribution >= 0.6 is 11.8 Å². The number of aliphatic hydroxyl groups is 1. The van der Waals surface area contributed by atoms with E-state index in [-0.39, 0.29) is 12.0 Å². The minimum Gasteiger partial charge on any atom is -0.392 e. The van der Waals surface area contributed by atoms with Gasteiger partial charge in [-0.05, 0) is 30.9 Å². The number of rotatable bonds is 5. The second-order valence-corrected chi connectivity index (χ2v) is 6.44.